The van der Waals surface area contributed by atoms with Crippen LogP contribution in [0.25, 0.3) is 0 Å². The Balaban J connectivity index is 2.93. The van der Waals surface area contributed by atoms with E-state index in [1.807, 2.05) is 0 Å². The van der Waals surface area contributed by atoms with E-state index in [1.165, 1.54) is 12.8 Å². The molecule has 1 heteroatoms. The molecule has 50 valence electrons. The summed E-state index contributed by atoms with van der Waals surface area (Å²) in [5, 5.41) is 0. The van der Waals surface area contributed by atoms with E-state index in [1.54, 1.807) is 0 Å². The van der Waals surface area contributed by atoms with Crippen molar-refractivity contribution < 1.29 is 0 Å². The van der Waals surface area contributed by atoms with Crippen molar-refractivity contribution in [2.75, 3.05) is 0 Å². The van der Waals surface area contributed by atoms with Gasteiger partial charge in [0.05, 0.1) is 0 Å². The summed E-state index contributed by atoms with van der Waals surface area (Å²) in [6.45, 7) is 6.72. The van der Waals surface area contributed by atoms with Crippen molar-refractivity contribution in [3.05, 3.63) is 0 Å². The molecule has 0 nitrogen and oxygen atoms in total. The molecule has 0 spiro atoms. The largest absolute Gasteiger partial charge is 0.0894 e. The molecule has 0 radical (unpaired) electrons. The highest BCUT2D eigenvalue weighted by atomic mass is 79.9. The van der Waals surface area contributed by atoms with Gasteiger partial charge in [-0.25, -0.2) is 0 Å². The lowest BCUT2D eigenvalue weighted by atomic mass is 10.1. The maximum atomic E-state index is 3.50. The van der Waals surface area contributed by atoms with Crippen LogP contribution in [0.15, 0.2) is 0 Å². The molecular weight excluding hydrogens is 164 g/mol. The molecule has 0 aliphatic heterocycles. The Hall–Kier alpha value is 0.480. The summed E-state index contributed by atoms with van der Waals surface area (Å²) < 4.78 is 0. The van der Waals surface area contributed by atoms with Gasteiger partial charge in [0.15, 0.2) is 0 Å². The minimum atomic E-state index is 0.699. The predicted octanol–water partition coefficient (Wildman–Crippen LogP) is 3.21. The van der Waals surface area contributed by atoms with Crippen molar-refractivity contribution >= 4 is 15.9 Å². The fourth-order valence-corrected chi connectivity index (χ4v) is 0.827. The second kappa shape index (κ2) is 4.37. The maximum Gasteiger partial charge on any atom is 0.0117 e. The molecule has 8 heavy (non-hydrogen) atoms. The van der Waals surface area contributed by atoms with E-state index >= 15 is 0 Å². The van der Waals surface area contributed by atoms with Crippen molar-refractivity contribution in [1.29, 1.82) is 0 Å². The van der Waals surface area contributed by atoms with E-state index in [0.29, 0.717) is 4.83 Å². The van der Waals surface area contributed by atoms with Crippen LogP contribution in [-0.4, -0.2) is 4.83 Å². The van der Waals surface area contributed by atoms with Crippen LogP contribution in [0.4, 0.5) is 0 Å². The molecule has 1 atom stereocenters. The summed E-state index contributed by atoms with van der Waals surface area (Å²) in [6.07, 6.45) is 2.64. The molecule has 0 fully saturated rings. The molecular formula is C7H15Br. The number of hydrogen-bond donors (Lipinski definition) is 0. The topological polar surface area (TPSA) is 0 Å². The monoisotopic (exact) mass is 178 g/mol. The Labute approximate surface area is 60.8 Å². The highest BCUT2D eigenvalue weighted by Crippen LogP contribution is 2.11. The maximum absolute atomic E-state index is 3.50. The Morgan fingerprint density at radius 1 is 1.12 bits per heavy atom. The van der Waals surface area contributed by atoms with Gasteiger partial charge in [-0.3, -0.25) is 0 Å². The van der Waals surface area contributed by atoms with Gasteiger partial charge in [0.25, 0.3) is 0 Å². The van der Waals surface area contributed by atoms with E-state index in [0.717, 1.165) is 5.92 Å². The van der Waals surface area contributed by atoms with Gasteiger partial charge in [-0.2, -0.15) is 0 Å². The van der Waals surface area contributed by atoms with Gasteiger partial charge in [0.1, 0.15) is 0 Å². The molecule has 0 amide bonds. The molecule has 0 bridgehead atoms. The fraction of sp³-hybridized carbons (Fsp3) is 1.00. The Bertz CT molecular complexity index is 40.3. The Morgan fingerprint density at radius 2 is 1.62 bits per heavy atom. The van der Waals surface area contributed by atoms with Crippen LogP contribution < -0.4 is 0 Å². The van der Waals surface area contributed by atoms with Gasteiger partial charge in [0, 0.05) is 4.83 Å². The van der Waals surface area contributed by atoms with Crippen molar-refractivity contribution in [2.24, 2.45) is 5.92 Å². The van der Waals surface area contributed by atoms with Crippen molar-refractivity contribution in [3.63, 3.8) is 0 Å². The molecule has 0 aliphatic rings. The number of alkyl halides is 1. The zero-order chi connectivity index (χ0) is 6.57. The van der Waals surface area contributed by atoms with Crippen LogP contribution in [0.5, 0.6) is 0 Å². The number of rotatable bonds is 3. The molecule has 0 heterocycles. The highest BCUT2D eigenvalue weighted by molar-refractivity contribution is 9.09. The third-order valence-corrected chi connectivity index (χ3v) is 1.60. The molecule has 0 rings (SSSR count). The molecule has 0 aliphatic carbocycles. The minimum absolute atomic E-state index is 0.699. The molecule has 0 aromatic carbocycles. The Morgan fingerprint density at radius 3 is 1.75 bits per heavy atom. The van der Waals surface area contributed by atoms with E-state index < -0.39 is 0 Å². The number of hydrogen-bond acceptors (Lipinski definition) is 0. The average Bonchev–Trinajstić information content (AvgIpc) is 1.61. The van der Waals surface area contributed by atoms with Crippen molar-refractivity contribution in [1.82, 2.24) is 0 Å². The summed E-state index contributed by atoms with van der Waals surface area (Å²) >= 11 is 3.50. The lowest BCUT2D eigenvalue weighted by Gasteiger charge is -2.04. The average molecular weight is 179 g/mol. The minimum Gasteiger partial charge on any atom is -0.0894 e. The zero-order valence-corrected chi connectivity index (χ0v) is 7.53. The summed E-state index contributed by atoms with van der Waals surface area (Å²) in [5.74, 6) is 0.856. The van der Waals surface area contributed by atoms with Gasteiger partial charge in [-0.1, -0.05) is 36.7 Å². The van der Waals surface area contributed by atoms with Gasteiger partial charge in [0.2, 0.25) is 0 Å². The lowest BCUT2D eigenvalue weighted by Crippen LogP contribution is -1.93. The second-order valence-corrected chi connectivity index (χ2v) is 4.32. The van der Waals surface area contributed by atoms with Crippen LogP contribution in [0.3, 0.4) is 0 Å². The first kappa shape index (κ1) is 8.48. The first-order valence-electron chi connectivity index (χ1n) is 3.27. The Kier molecular flexibility index (Phi) is 4.63. The quantitative estimate of drug-likeness (QED) is 0.583. The van der Waals surface area contributed by atoms with Crippen molar-refractivity contribution in [2.45, 2.75) is 38.4 Å². The molecule has 0 saturated heterocycles. The normalized spacial score (nSPS) is 14.6. The molecule has 0 N–H and O–H groups in total. The zero-order valence-electron chi connectivity index (χ0n) is 5.95. The van der Waals surface area contributed by atoms with E-state index in [-0.39, 0.29) is 0 Å². The van der Waals surface area contributed by atoms with E-state index in [9.17, 15) is 0 Å². The SMILES string of the molecule is CC(C)CC[C@@H](C)Br. The van der Waals surface area contributed by atoms with Crippen LogP contribution in [0.2, 0.25) is 0 Å². The first-order chi connectivity index (χ1) is 3.63. The molecule has 0 aromatic heterocycles. The van der Waals surface area contributed by atoms with E-state index in [4.69, 9.17) is 0 Å². The predicted molar refractivity (Wildman–Crippen MR) is 42.5 cm³/mol. The second-order valence-electron chi connectivity index (χ2n) is 2.75. The highest BCUT2D eigenvalue weighted by Gasteiger charge is 1.97. The van der Waals surface area contributed by atoms with Crippen molar-refractivity contribution in [3.8, 4) is 0 Å². The third kappa shape index (κ3) is 6.48. The summed E-state index contributed by atoms with van der Waals surface area (Å²) in [4.78, 5) is 0.699. The summed E-state index contributed by atoms with van der Waals surface area (Å²) in [6, 6.07) is 0. The molecule has 0 saturated carbocycles. The molecule has 0 unspecified atom stereocenters. The van der Waals surface area contributed by atoms with Crippen LogP contribution in [0.1, 0.15) is 33.6 Å². The number of halogens is 1. The standard InChI is InChI=1S/C7H15Br/c1-6(2)4-5-7(3)8/h6-7H,4-5H2,1-3H3/t7-/m1/s1. The fourth-order valence-electron chi connectivity index (χ4n) is 0.563. The van der Waals surface area contributed by atoms with Crippen LogP contribution in [-0.2, 0) is 0 Å². The van der Waals surface area contributed by atoms with Gasteiger partial charge < -0.3 is 0 Å². The van der Waals surface area contributed by atoms with E-state index in [2.05, 4.69) is 36.7 Å². The van der Waals surface area contributed by atoms with Gasteiger partial charge in [-0.05, 0) is 18.8 Å². The van der Waals surface area contributed by atoms with Crippen LogP contribution in [0, 0.1) is 5.92 Å². The summed E-state index contributed by atoms with van der Waals surface area (Å²) in [5.41, 5.74) is 0. The van der Waals surface area contributed by atoms with Gasteiger partial charge >= 0.3 is 0 Å². The van der Waals surface area contributed by atoms with Crippen LogP contribution >= 0.6 is 15.9 Å². The first-order valence-corrected chi connectivity index (χ1v) is 4.18. The smallest absolute Gasteiger partial charge is 0.0117 e. The molecule has 0 aromatic rings. The van der Waals surface area contributed by atoms with Gasteiger partial charge in [-0.15, -0.1) is 0 Å². The summed E-state index contributed by atoms with van der Waals surface area (Å²) in [7, 11) is 0. The third-order valence-electron chi connectivity index (χ3n) is 1.14. The lowest BCUT2D eigenvalue weighted by molar-refractivity contribution is 0.557.